The zero-order valence-corrected chi connectivity index (χ0v) is 7.87. The van der Waals surface area contributed by atoms with Crippen molar-refractivity contribution in [1.82, 2.24) is 0 Å². The van der Waals surface area contributed by atoms with Gasteiger partial charge in [-0.1, -0.05) is 0 Å². The number of halogens is 9. The summed E-state index contributed by atoms with van der Waals surface area (Å²) < 4.78 is 111. The minimum Gasteiger partial charge on any atom is -0.480 e. The largest absolute Gasteiger partial charge is 0.480 e. The highest BCUT2D eigenvalue weighted by atomic mass is 19.4. The van der Waals surface area contributed by atoms with Crippen molar-refractivity contribution in [3.05, 3.63) is 0 Å². The smallest absolute Gasteiger partial charge is 0.435 e. The van der Waals surface area contributed by atoms with Crippen molar-refractivity contribution in [2.24, 2.45) is 0 Å². The lowest BCUT2D eigenvalue weighted by Crippen LogP contribution is -2.68. The molecule has 0 rings (SSSR count). The molecule has 3 nitrogen and oxygen atoms in total. The quantitative estimate of drug-likeness (QED) is 0.814. The molecule has 0 amide bonds. The first-order valence-corrected chi connectivity index (χ1v) is 3.72. The number of carboxylic acid groups (broad SMARTS) is 1. The lowest BCUT2D eigenvalue weighted by molar-refractivity contribution is -0.455. The maximum Gasteiger partial charge on any atom is 0.435 e. The molecule has 0 saturated heterocycles. The van der Waals surface area contributed by atoms with Gasteiger partial charge in [-0.2, -0.15) is 39.5 Å². The van der Waals surface area contributed by atoms with Gasteiger partial charge in [-0.15, -0.1) is 0 Å². The van der Waals surface area contributed by atoms with Gasteiger partial charge in [0.05, 0.1) is 0 Å². The van der Waals surface area contributed by atoms with E-state index in [1.54, 1.807) is 0 Å². The number of ether oxygens (including phenoxy) is 1. The predicted molar refractivity (Wildman–Crippen MR) is 34.5 cm³/mol. The van der Waals surface area contributed by atoms with Crippen LogP contribution in [0.1, 0.15) is 0 Å². The molecule has 0 heterocycles. The second-order valence-corrected chi connectivity index (χ2v) is 2.86. The van der Waals surface area contributed by atoms with E-state index in [4.69, 9.17) is 5.11 Å². The molecule has 18 heavy (non-hydrogen) atoms. The number of carboxylic acids is 1. The van der Waals surface area contributed by atoms with Crippen LogP contribution in [-0.4, -0.2) is 41.8 Å². The first kappa shape index (κ1) is 16.8. The SMILES string of the molecule is O=C(O)COC(C(F)(F)F)(C(F)(F)F)C(F)(F)F. The second kappa shape index (κ2) is 4.48. The molecule has 0 aliphatic carbocycles. The van der Waals surface area contributed by atoms with Crippen LogP contribution in [0.2, 0.25) is 0 Å². The molecule has 0 aromatic heterocycles. The van der Waals surface area contributed by atoms with Crippen LogP contribution in [0.3, 0.4) is 0 Å². The van der Waals surface area contributed by atoms with Gasteiger partial charge in [0.25, 0.3) is 0 Å². The summed E-state index contributed by atoms with van der Waals surface area (Å²) in [5.41, 5.74) is -6.54. The molecule has 0 bridgehead atoms. The molecule has 0 atom stereocenters. The summed E-state index contributed by atoms with van der Waals surface area (Å²) in [6.07, 6.45) is -20.8. The van der Waals surface area contributed by atoms with Crippen LogP contribution >= 0.6 is 0 Å². The Bertz CT molecular complexity index is 276. The topological polar surface area (TPSA) is 46.5 Å². The summed E-state index contributed by atoms with van der Waals surface area (Å²) in [7, 11) is 0. The van der Waals surface area contributed by atoms with Crippen LogP contribution in [-0.2, 0) is 9.53 Å². The molecule has 1 N–H and O–H groups in total. The van der Waals surface area contributed by atoms with E-state index in [1.165, 1.54) is 0 Å². The van der Waals surface area contributed by atoms with Crippen LogP contribution in [0.5, 0.6) is 0 Å². The third kappa shape index (κ3) is 2.79. The molecule has 0 aliphatic rings. The fourth-order valence-electron chi connectivity index (χ4n) is 0.898. The van der Waals surface area contributed by atoms with Crippen molar-refractivity contribution in [2.75, 3.05) is 6.61 Å². The van der Waals surface area contributed by atoms with E-state index in [2.05, 4.69) is 4.74 Å². The first-order valence-electron chi connectivity index (χ1n) is 3.72. The summed E-state index contributed by atoms with van der Waals surface area (Å²) in [5.74, 6) is -2.42. The number of aliphatic carboxylic acids is 1. The average Bonchev–Trinajstić information content (AvgIpc) is 1.94. The van der Waals surface area contributed by atoms with Gasteiger partial charge in [0.2, 0.25) is 0 Å². The van der Waals surface area contributed by atoms with E-state index >= 15 is 0 Å². The Kier molecular flexibility index (Phi) is 4.18. The summed E-state index contributed by atoms with van der Waals surface area (Å²) in [6.45, 7) is -2.42. The Balaban J connectivity index is 5.83. The van der Waals surface area contributed by atoms with Crippen LogP contribution in [0.25, 0.3) is 0 Å². The van der Waals surface area contributed by atoms with E-state index < -0.39 is 36.7 Å². The highest BCUT2D eigenvalue weighted by Crippen LogP contribution is 2.54. The molecule has 0 aromatic carbocycles. The van der Waals surface area contributed by atoms with Crippen molar-refractivity contribution in [1.29, 1.82) is 0 Å². The summed E-state index contributed by atoms with van der Waals surface area (Å²) in [5, 5.41) is 7.85. The average molecular weight is 294 g/mol. The Labute approximate surface area is 92.1 Å². The fraction of sp³-hybridized carbons (Fsp3) is 0.833. The molecule has 0 aromatic rings. The standard InChI is InChI=1S/C6H3F9O3/c7-4(8,9)3(5(10,11)12,6(13,14)15)18-1-2(16)17/h1H2,(H,16,17). The lowest BCUT2D eigenvalue weighted by atomic mass is 10.0. The van der Waals surface area contributed by atoms with E-state index in [9.17, 15) is 44.3 Å². The predicted octanol–water partition coefficient (Wildman–Crippen LogP) is 2.51. The molecule has 0 fully saturated rings. The molecule has 108 valence electrons. The second-order valence-electron chi connectivity index (χ2n) is 2.86. The minimum absolute atomic E-state index is 2.42. The molecule has 0 aliphatic heterocycles. The molecule has 0 unspecified atom stereocenters. The van der Waals surface area contributed by atoms with Crippen molar-refractivity contribution in [3.8, 4) is 0 Å². The third-order valence-corrected chi connectivity index (χ3v) is 1.61. The Morgan fingerprint density at radius 2 is 1.11 bits per heavy atom. The van der Waals surface area contributed by atoms with Gasteiger partial charge >= 0.3 is 30.1 Å². The van der Waals surface area contributed by atoms with Gasteiger partial charge in [0, 0.05) is 0 Å². The van der Waals surface area contributed by atoms with Gasteiger partial charge in [-0.3, -0.25) is 0 Å². The fourth-order valence-corrected chi connectivity index (χ4v) is 0.898. The number of hydrogen-bond donors (Lipinski definition) is 1. The van der Waals surface area contributed by atoms with E-state index in [0.29, 0.717) is 0 Å². The van der Waals surface area contributed by atoms with Crippen LogP contribution in [0, 0.1) is 0 Å². The van der Waals surface area contributed by atoms with E-state index in [1.807, 2.05) is 0 Å². The van der Waals surface area contributed by atoms with Crippen molar-refractivity contribution < 1.29 is 54.2 Å². The minimum atomic E-state index is -6.92. The molecule has 12 heteroatoms. The zero-order chi connectivity index (χ0) is 15.0. The monoisotopic (exact) mass is 294 g/mol. The lowest BCUT2D eigenvalue weighted by Gasteiger charge is -2.37. The molecule has 0 spiro atoms. The first-order chi connectivity index (χ1) is 7.67. The molecular formula is C6H3F9O3. The summed E-state index contributed by atoms with van der Waals surface area (Å²) in [6, 6.07) is 0. The van der Waals surface area contributed by atoms with Crippen LogP contribution in [0.15, 0.2) is 0 Å². The summed E-state index contributed by atoms with van der Waals surface area (Å²) in [4.78, 5) is 9.80. The third-order valence-electron chi connectivity index (χ3n) is 1.61. The number of rotatable bonds is 3. The number of carbonyl (C=O) groups is 1. The number of alkyl halides is 9. The Hall–Kier alpha value is -1.20. The Morgan fingerprint density at radius 1 is 0.833 bits per heavy atom. The van der Waals surface area contributed by atoms with Crippen molar-refractivity contribution >= 4 is 5.97 Å². The van der Waals surface area contributed by atoms with Gasteiger partial charge in [0.1, 0.15) is 6.61 Å². The van der Waals surface area contributed by atoms with Gasteiger partial charge in [0.15, 0.2) is 0 Å². The van der Waals surface area contributed by atoms with Gasteiger partial charge in [-0.05, 0) is 0 Å². The zero-order valence-electron chi connectivity index (χ0n) is 7.87. The van der Waals surface area contributed by atoms with Crippen molar-refractivity contribution in [2.45, 2.75) is 24.1 Å². The van der Waals surface area contributed by atoms with Crippen LogP contribution in [0.4, 0.5) is 39.5 Å². The molecular weight excluding hydrogens is 291 g/mol. The van der Waals surface area contributed by atoms with Crippen LogP contribution < -0.4 is 0 Å². The molecule has 0 saturated carbocycles. The maximum atomic E-state index is 12.1. The van der Waals surface area contributed by atoms with E-state index in [-0.39, 0.29) is 0 Å². The van der Waals surface area contributed by atoms with Crippen molar-refractivity contribution in [3.63, 3.8) is 0 Å². The molecule has 0 radical (unpaired) electrons. The summed E-state index contributed by atoms with van der Waals surface area (Å²) >= 11 is 0. The highest BCUT2D eigenvalue weighted by molar-refractivity contribution is 5.68. The van der Waals surface area contributed by atoms with E-state index in [0.717, 1.165) is 0 Å². The maximum absolute atomic E-state index is 12.1. The number of hydrogen-bond acceptors (Lipinski definition) is 2. The Morgan fingerprint density at radius 3 is 1.28 bits per heavy atom. The van der Waals surface area contributed by atoms with Gasteiger partial charge < -0.3 is 9.84 Å². The normalized spacial score (nSPS) is 14.7. The van der Waals surface area contributed by atoms with Gasteiger partial charge in [-0.25, -0.2) is 4.79 Å². The highest BCUT2D eigenvalue weighted by Gasteiger charge is 2.85.